The van der Waals surface area contributed by atoms with Gasteiger partial charge in [-0.3, -0.25) is 0 Å². The Morgan fingerprint density at radius 2 is 1.96 bits per heavy atom. The average Bonchev–Trinajstić information content (AvgIpc) is 3.02. The zero-order valence-corrected chi connectivity index (χ0v) is 16.7. The van der Waals surface area contributed by atoms with Crippen LogP contribution >= 0.6 is 11.3 Å². The van der Waals surface area contributed by atoms with Crippen molar-refractivity contribution in [2.24, 2.45) is 0 Å². The molecule has 0 radical (unpaired) electrons. The van der Waals surface area contributed by atoms with E-state index in [0.717, 1.165) is 34.2 Å². The second-order valence-electron chi connectivity index (χ2n) is 5.84. The number of rotatable bonds is 9. The van der Waals surface area contributed by atoms with E-state index < -0.39 is 0 Å². The molecule has 1 aromatic carbocycles. The maximum atomic E-state index is 12.2. The van der Waals surface area contributed by atoms with Gasteiger partial charge in [0.1, 0.15) is 0 Å². The van der Waals surface area contributed by atoms with Crippen molar-refractivity contribution in [3.05, 3.63) is 39.8 Å². The standard InChI is InChI=1S/C19H27N3O3S/c1-5-24-17-8-7-15(11-18(17)25-6-2)9-10-20-19(23)22(4)12-16-13-26-14(3)21-16/h7-8,11,13H,5-6,9-10,12H2,1-4H3,(H,20,23). The maximum Gasteiger partial charge on any atom is 0.317 e. The van der Waals surface area contributed by atoms with Crippen LogP contribution in [0.15, 0.2) is 23.6 Å². The zero-order chi connectivity index (χ0) is 18.9. The molecular formula is C19H27N3O3S. The van der Waals surface area contributed by atoms with Crippen LogP contribution in [0.3, 0.4) is 0 Å². The minimum Gasteiger partial charge on any atom is -0.490 e. The average molecular weight is 378 g/mol. The summed E-state index contributed by atoms with van der Waals surface area (Å²) in [6, 6.07) is 5.79. The van der Waals surface area contributed by atoms with Crippen molar-refractivity contribution in [3.63, 3.8) is 0 Å². The fourth-order valence-corrected chi connectivity index (χ4v) is 3.10. The molecule has 6 nitrogen and oxygen atoms in total. The predicted molar refractivity (Wildman–Crippen MR) is 104 cm³/mol. The van der Waals surface area contributed by atoms with Crippen LogP contribution in [0.5, 0.6) is 11.5 Å². The van der Waals surface area contributed by atoms with Crippen molar-refractivity contribution < 1.29 is 14.3 Å². The molecule has 0 atom stereocenters. The van der Waals surface area contributed by atoms with E-state index in [4.69, 9.17) is 9.47 Å². The molecule has 0 saturated carbocycles. The Kier molecular flexibility index (Phi) is 7.72. The maximum absolute atomic E-state index is 12.2. The third kappa shape index (κ3) is 5.91. The molecule has 0 bridgehead atoms. The number of thiazole rings is 1. The van der Waals surface area contributed by atoms with Crippen LogP contribution < -0.4 is 14.8 Å². The van der Waals surface area contributed by atoms with Crippen LogP contribution in [-0.2, 0) is 13.0 Å². The van der Waals surface area contributed by atoms with Gasteiger partial charge in [-0.2, -0.15) is 0 Å². The first kappa shape index (κ1) is 20.0. The molecule has 0 unspecified atom stereocenters. The normalized spacial score (nSPS) is 10.5. The molecule has 0 aliphatic heterocycles. The molecule has 2 amide bonds. The summed E-state index contributed by atoms with van der Waals surface area (Å²) >= 11 is 1.59. The lowest BCUT2D eigenvalue weighted by Crippen LogP contribution is -2.37. The van der Waals surface area contributed by atoms with Gasteiger partial charge in [0.2, 0.25) is 0 Å². The van der Waals surface area contributed by atoms with Gasteiger partial charge < -0.3 is 19.7 Å². The Morgan fingerprint density at radius 3 is 2.62 bits per heavy atom. The fourth-order valence-electron chi connectivity index (χ4n) is 2.50. The summed E-state index contributed by atoms with van der Waals surface area (Å²) in [4.78, 5) is 18.2. The zero-order valence-electron chi connectivity index (χ0n) is 15.9. The first-order valence-corrected chi connectivity index (χ1v) is 9.70. The molecule has 1 heterocycles. The highest BCUT2D eigenvalue weighted by Gasteiger charge is 2.11. The van der Waals surface area contributed by atoms with Gasteiger partial charge in [0.05, 0.1) is 30.5 Å². The van der Waals surface area contributed by atoms with E-state index in [1.54, 1.807) is 23.3 Å². The molecule has 0 fully saturated rings. The number of nitrogens with one attached hydrogen (secondary N) is 1. The Labute approximate surface area is 159 Å². The number of carbonyl (C=O) groups excluding carboxylic acids is 1. The van der Waals surface area contributed by atoms with Gasteiger partial charge in [0.25, 0.3) is 0 Å². The van der Waals surface area contributed by atoms with Gasteiger partial charge in [0.15, 0.2) is 11.5 Å². The van der Waals surface area contributed by atoms with Crippen molar-refractivity contribution in [1.82, 2.24) is 15.2 Å². The lowest BCUT2D eigenvalue weighted by Gasteiger charge is -2.17. The van der Waals surface area contributed by atoms with Crippen molar-refractivity contribution >= 4 is 17.4 Å². The Bertz CT molecular complexity index is 718. The number of hydrogen-bond acceptors (Lipinski definition) is 5. The van der Waals surface area contributed by atoms with E-state index in [0.29, 0.717) is 26.3 Å². The molecule has 2 rings (SSSR count). The first-order valence-electron chi connectivity index (χ1n) is 8.82. The molecule has 7 heteroatoms. The molecule has 0 aliphatic carbocycles. The quantitative estimate of drug-likeness (QED) is 0.725. The van der Waals surface area contributed by atoms with Crippen LogP contribution in [0, 0.1) is 6.92 Å². The van der Waals surface area contributed by atoms with E-state index >= 15 is 0 Å². The first-order chi connectivity index (χ1) is 12.5. The number of nitrogens with zero attached hydrogens (tertiary/aromatic N) is 2. The lowest BCUT2D eigenvalue weighted by molar-refractivity contribution is 0.206. The summed E-state index contributed by atoms with van der Waals surface area (Å²) in [5, 5.41) is 5.93. The Hall–Kier alpha value is -2.28. The number of ether oxygens (including phenoxy) is 2. The molecule has 1 aromatic heterocycles. The van der Waals surface area contributed by atoms with E-state index in [2.05, 4.69) is 10.3 Å². The molecule has 0 spiro atoms. The van der Waals surface area contributed by atoms with Crippen LogP contribution in [0.2, 0.25) is 0 Å². The number of aromatic nitrogens is 1. The van der Waals surface area contributed by atoms with Crippen LogP contribution in [0.25, 0.3) is 0 Å². The minimum atomic E-state index is -0.105. The fraction of sp³-hybridized carbons (Fsp3) is 0.474. The molecule has 26 heavy (non-hydrogen) atoms. The van der Waals surface area contributed by atoms with Crippen molar-refractivity contribution in [2.45, 2.75) is 33.7 Å². The smallest absolute Gasteiger partial charge is 0.317 e. The predicted octanol–water partition coefficient (Wildman–Crippen LogP) is 3.63. The van der Waals surface area contributed by atoms with Crippen molar-refractivity contribution in [3.8, 4) is 11.5 Å². The summed E-state index contributed by atoms with van der Waals surface area (Å²) in [7, 11) is 1.77. The summed E-state index contributed by atoms with van der Waals surface area (Å²) in [5.74, 6) is 1.50. The second-order valence-corrected chi connectivity index (χ2v) is 6.91. The third-order valence-corrected chi connectivity index (χ3v) is 4.53. The van der Waals surface area contributed by atoms with Gasteiger partial charge in [-0.25, -0.2) is 9.78 Å². The second kappa shape index (κ2) is 10.0. The highest BCUT2D eigenvalue weighted by Crippen LogP contribution is 2.28. The highest BCUT2D eigenvalue weighted by molar-refractivity contribution is 7.09. The van der Waals surface area contributed by atoms with Crippen LogP contribution in [-0.4, -0.2) is 42.7 Å². The molecule has 0 aliphatic rings. The van der Waals surface area contributed by atoms with Gasteiger partial charge in [0, 0.05) is 19.0 Å². The number of carbonyl (C=O) groups is 1. The van der Waals surface area contributed by atoms with E-state index in [-0.39, 0.29) is 6.03 Å². The topological polar surface area (TPSA) is 63.7 Å². The number of benzene rings is 1. The molecule has 0 saturated heterocycles. The van der Waals surface area contributed by atoms with E-state index in [1.807, 2.05) is 44.4 Å². The van der Waals surface area contributed by atoms with Gasteiger partial charge in [-0.1, -0.05) is 6.07 Å². The largest absolute Gasteiger partial charge is 0.490 e. The SMILES string of the molecule is CCOc1ccc(CCNC(=O)N(C)Cc2csc(C)n2)cc1OCC. The summed E-state index contributed by atoms with van der Waals surface area (Å²) < 4.78 is 11.2. The Morgan fingerprint density at radius 1 is 1.23 bits per heavy atom. The van der Waals surface area contributed by atoms with Crippen LogP contribution in [0.4, 0.5) is 4.79 Å². The number of hydrogen-bond donors (Lipinski definition) is 1. The number of amides is 2. The number of aryl methyl sites for hydroxylation is 1. The van der Waals surface area contributed by atoms with Gasteiger partial charge in [-0.05, 0) is 44.9 Å². The van der Waals surface area contributed by atoms with E-state index in [1.165, 1.54) is 0 Å². The number of urea groups is 1. The molecule has 1 N–H and O–H groups in total. The summed E-state index contributed by atoms with van der Waals surface area (Å²) in [6.45, 7) is 8.10. The van der Waals surface area contributed by atoms with Crippen molar-refractivity contribution in [1.29, 1.82) is 0 Å². The molecular weight excluding hydrogens is 350 g/mol. The molecule has 2 aromatic rings. The molecule has 142 valence electrons. The van der Waals surface area contributed by atoms with E-state index in [9.17, 15) is 4.79 Å². The lowest BCUT2D eigenvalue weighted by atomic mass is 10.1. The Balaban J connectivity index is 1.84. The van der Waals surface area contributed by atoms with Gasteiger partial charge in [-0.15, -0.1) is 11.3 Å². The monoisotopic (exact) mass is 377 g/mol. The minimum absolute atomic E-state index is 0.105. The van der Waals surface area contributed by atoms with Gasteiger partial charge >= 0.3 is 6.03 Å². The van der Waals surface area contributed by atoms with Crippen molar-refractivity contribution in [2.75, 3.05) is 26.8 Å². The summed E-state index contributed by atoms with van der Waals surface area (Å²) in [5.41, 5.74) is 2.01. The highest BCUT2D eigenvalue weighted by atomic mass is 32.1. The van der Waals surface area contributed by atoms with Crippen LogP contribution in [0.1, 0.15) is 30.1 Å². The summed E-state index contributed by atoms with van der Waals surface area (Å²) in [6.07, 6.45) is 0.724. The third-order valence-electron chi connectivity index (χ3n) is 3.71.